The Morgan fingerprint density at radius 3 is 1.67 bits per heavy atom. The number of aromatic nitrogens is 4. The van der Waals surface area contributed by atoms with Crippen molar-refractivity contribution in [3.63, 3.8) is 0 Å². The highest BCUT2D eigenvalue weighted by Crippen LogP contribution is 2.15. The van der Waals surface area contributed by atoms with Crippen LogP contribution in [0.25, 0.3) is 0 Å². The van der Waals surface area contributed by atoms with Crippen LogP contribution < -0.4 is 20.6 Å². The van der Waals surface area contributed by atoms with Crippen molar-refractivity contribution in [2.75, 3.05) is 0 Å². The molecule has 0 unspecified atom stereocenters. The van der Waals surface area contributed by atoms with Gasteiger partial charge < -0.3 is 10.2 Å². The number of H-pyrrole nitrogens is 2. The molecule has 0 atom stereocenters. The monoisotopic (exact) mass is 277 g/mol. The second-order valence-corrected chi connectivity index (χ2v) is 3.70. The molecule has 0 aliphatic rings. The number of hydrogen-bond donors (Lipinski definition) is 4. The molecule has 4 N–H and O–H groups in total. The van der Waals surface area contributed by atoms with E-state index in [1.165, 1.54) is 0 Å². The second-order valence-electron chi connectivity index (χ2n) is 2.93. The molecule has 0 spiro atoms. The van der Waals surface area contributed by atoms with Gasteiger partial charge in [-0.25, -0.2) is 9.59 Å². The molecule has 2 aromatic rings. The van der Waals surface area contributed by atoms with Crippen LogP contribution in [0.3, 0.4) is 0 Å². The van der Waals surface area contributed by atoms with Gasteiger partial charge in [0.05, 0.1) is 0 Å². The van der Waals surface area contributed by atoms with Crippen molar-refractivity contribution < 1.29 is 24.0 Å². The van der Waals surface area contributed by atoms with E-state index in [0.717, 1.165) is 12.4 Å². The number of nitrogens with zero attached hydrogens (tertiary/aromatic N) is 2. The Balaban J connectivity index is 2.10. The van der Waals surface area contributed by atoms with Crippen LogP contribution in [0.15, 0.2) is 22.0 Å². The fourth-order valence-electron chi connectivity index (χ4n) is 1.01. The van der Waals surface area contributed by atoms with E-state index in [1.807, 2.05) is 9.97 Å². The van der Waals surface area contributed by atoms with Crippen LogP contribution in [-0.2, 0) is 4.57 Å². The summed E-state index contributed by atoms with van der Waals surface area (Å²) in [5.74, 6) is -1.00. The van der Waals surface area contributed by atoms with Gasteiger partial charge >= 0.3 is 19.6 Å². The molecule has 0 aliphatic heterocycles. The summed E-state index contributed by atoms with van der Waals surface area (Å²) in [6.07, 6.45) is 1.63. The fraction of sp³-hybridized carbons (Fsp3) is 0. The Morgan fingerprint density at radius 2 is 1.39 bits per heavy atom. The fourth-order valence-corrected chi connectivity index (χ4v) is 1.57. The third-order valence-electron chi connectivity index (χ3n) is 1.66. The Morgan fingerprint density at radius 1 is 1.00 bits per heavy atom. The quantitative estimate of drug-likeness (QED) is 0.485. The molecule has 0 fully saturated rings. The van der Waals surface area contributed by atoms with Crippen LogP contribution in [0.2, 0.25) is 0 Å². The first-order valence-corrected chi connectivity index (χ1v) is 5.40. The molecule has 0 bridgehead atoms. The topological polar surface area (TPSA) is 152 Å². The van der Waals surface area contributed by atoms with Crippen molar-refractivity contribution >= 4 is 8.25 Å². The lowest BCUT2D eigenvalue weighted by atomic mass is 10.9. The van der Waals surface area contributed by atoms with Gasteiger partial charge in [0.25, 0.3) is 0 Å². The molecule has 0 aromatic carbocycles. The third kappa shape index (κ3) is 2.35. The Kier molecular flexibility index (Phi) is 2.81. The molecule has 0 amide bonds. The summed E-state index contributed by atoms with van der Waals surface area (Å²) in [7, 11) is -2.93. The van der Waals surface area contributed by atoms with E-state index in [-0.39, 0.29) is 0 Å². The molecule has 2 aromatic heterocycles. The average molecular weight is 277 g/mol. The molecule has 96 valence electrons. The molecule has 11 nitrogen and oxygen atoms in total. The molecular formula is C6H6N4O7P+. The standard InChI is InChI=1S/C6H5N4O7P/c11-3-1-9(5(13)7-3)16-18(15)17-10-2-4(12)8-6(10)14/h1-2H,(H3-,7,8,11,12,13,14)/p+1. The van der Waals surface area contributed by atoms with Crippen LogP contribution in [0.5, 0.6) is 11.8 Å². The lowest BCUT2D eigenvalue weighted by Crippen LogP contribution is -2.25. The van der Waals surface area contributed by atoms with Gasteiger partial charge in [0.15, 0.2) is 0 Å². The summed E-state index contributed by atoms with van der Waals surface area (Å²) >= 11 is 0. The first kappa shape index (κ1) is 11.8. The van der Waals surface area contributed by atoms with E-state index in [2.05, 4.69) is 9.25 Å². The first-order valence-electron chi connectivity index (χ1n) is 4.31. The zero-order chi connectivity index (χ0) is 13.3. The first-order chi connectivity index (χ1) is 8.45. The van der Waals surface area contributed by atoms with Crippen LogP contribution >= 0.6 is 8.25 Å². The minimum absolute atomic E-state index is 0.422. The number of aromatic amines is 2. The normalized spacial score (nSPS) is 10.2. The van der Waals surface area contributed by atoms with Gasteiger partial charge in [0.2, 0.25) is 11.8 Å². The SMILES string of the molecule is O=c1[nH]c(O)cn1O[P+](=O)On1cc(O)[nH]c1=O. The molecule has 2 heterocycles. The molecule has 18 heavy (non-hydrogen) atoms. The number of rotatable bonds is 4. The van der Waals surface area contributed by atoms with E-state index in [0.29, 0.717) is 9.46 Å². The lowest BCUT2D eigenvalue weighted by Gasteiger charge is -1.89. The molecular weight excluding hydrogens is 271 g/mol. The van der Waals surface area contributed by atoms with Crippen LogP contribution in [0.4, 0.5) is 0 Å². The van der Waals surface area contributed by atoms with Gasteiger partial charge in [-0.1, -0.05) is 9.46 Å². The van der Waals surface area contributed by atoms with Crippen LogP contribution in [-0.4, -0.2) is 29.6 Å². The number of aromatic hydroxyl groups is 2. The average Bonchev–Trinajstić information content (AvgIpc) is 2.71. The molecule has 12 heteroatoms. The maximum absolute atomic E-state index is 11.3. The van der Waals surface area contributed by atoms with Gasteiger partial charge in [-0.2, -0.15) is 0 Å². The molecule has 0 radical (unpaired) electrons. The zero-order valence-corrected chi connectivity index (χ0v) is 9.33. The van der Waals surface area contributed by atoms with Gasteiger partial charge in [-0.3, -0.25) is 9.97 Å². The van der Waals surface area contributed by atoms with E-state index in [1.54, 1.807) is 0 Å². The summed E-state index contributed by atoms with van der Waals surface area (Å²) in [5.41, 5.74) is -1.77. The van der Waals surface area contributed by atoms with Gasteiger partial charge in [0, 0.05) is 4.57 Å². The largest absolute Gasteiger partial charge is 0.848 e. The van der Waals surface area contributed by atoms with Crippen molar-refractivity contribution in [3.8, 4) is 11.8 Å². The number of hydrogen-bond acceptors (Lipinski definition) is 7. The smallest absolute Gasteiger partial charge is 0.493 e. The minimum Gasteiger partial charge on any atom is -0.493 e. The van der Waals surface area contributed by atoms with Gasteiger partial charge in [-0.15, -0.1) is 9.25 Å². The van der Waals surface area contributed by atoms with E-state index >= 15 is 0 Å². The summed E-state index contributed by atoms with van der Waals surface area (Å²) in [6.45, 7) is 0. The Labute approximate surface area is 97.7 Å². The van der Waals surface area contributed by atoms with Crippen molar-refractivity contribution in [2.45, 2.75) is 0 Å². The Bertz CT molecular complexity index is 635. The Hall–Kier alpha value is -2.68. The van der Waals surface area contributed by atoms with E-state index in [4.69, 9.17) is 10.2 Å². The number of imidazole rings is 2. The van der Waals surface area contributed by atoms with Crippen LogP contribution in [0.1, 0.15) is 0 Å². The second kappa shape index (κ2) is 4.30. The summed E-state index contributed by atoms with van der Waals surface area (Å²) in [6, 6.07) is 0. The van der Waals surface area contributed by atoms with Crippen molar-refractivity contribution in [1.29, 1.82) is 0 Å². The highest BCUT2D eigenvalue weighted by molar-refractivity contribution is 7.33. The van der Waals surface area contributed by atoms with E-state index < -0.39 is 31.4 Å². The lowest BCUT2D eigenvalue weighted by molar-refractivity contribution is 0.183. The third-order valence-corrected chi connectivity index (χ3v) is 2.28. The minimum atomic E-state index is -2.93. The highest BCUT2D eigenvalue weighted by Gasteiger charge is 2.28. The van der Waals surface area contributed by atoms with E-state index in [9.17, 15) is 14.2 Å². The predicted molar refractivity (Wildman–Crippen MR) is 54.2 cm³/mol. The molecule has 0 saturated heterocycles. The maximum Gasteiger partial charge on any atom is 0.848 e. The summed E-state index contributed by atoms with van der Waals surface area (Å²) < 4.78 is 21.1. The summed E-state index contributed by atoms with van der Waals surface area (Å²) in [5, 5.41) is 17.8. The van der Waals surface area contributed by atoms with Gasteiger partial charge in [-0.05, 0) is 0 Å². The molecule has 2 rings (SSSR count). The number of nitrogens with one attached hydrogen (secondary N) is 2. The molecule has 0 aliphatic carbocycles. The van der Waals surface area contributed by atoms with Crippen molar-refractivity contribution in [1.82, 2.24) is 19.4 Å². The van der Waals surface area contributed by atoms with Crippen molar-refractivity contribution in [2.24, 2.45) is 0 Å². The zero-order valence-electron chi connectivity index (χ0n) is 8.43. The highest BCUT2D eigenvalue weighted by atomic mass is 31.1. The predicted octanol–water partition coefficient (Wildman–Crippen LogP) is -1.71. The van der Waals surface area contributed by atoms with Crippen molar-refractivity contribution in [3.05, 3.63) is 33.4 Å². The summed E-state index contributed by atoms with van der Waals surface area (Å²) in [4.78, 5) is 25.9. The van der Waals surface area contributed by atoms with Gasteiger partial charge in [0.1, 0.15) is 12.4 Å². The molecule has 0 saturated carbocycles. The van der Waals surface area contributed by atoms with Crippen LogP contribution in [0, 0.1) is 0 Å². The maximum atomic E-state index is 11.3.